The number of benzene rings is 3. The normalized spacial score (nSPS) is 10.5. The molecular weight excluding hydrogens is 465 g/mol. The van der Waals surface area contributed by atoms with Crippen molar-refractivity contribution in [2.24, 2.45) is 0 Å². The number of fused-ring (bicyclic) bond motifs is 1. The fourth-order valence-electron chi connectivity index (χ4n) is 3.12. The summed E-state index contributed by atoms with van der Waals surface area (Å²) >= 11 is 11.9. The summed E-state index contributed by atoms with van der Waals surface area (Å²) < 4.78 is 10.7. The van der Waals surface area contributed by atoms with Crippen LogP contribution < -0.4 is 25.4 Å². The van der Waals surface area contributed by atoms with Gasteiger partial charge in [0.05, 0.1) is 29.8 Å². The maximum absolute atomic E-state index is 12.3. The molecule has 168 valence electrons. The molecule has 0 atom stereocenters. The van der Waals surface area contributed by atoms with Gasteiger partial charge in [-0.05, 0) is 48.5 Å². The SMILES string of the molecule is COc1cc2ncnc(Nc3ccc(NC(=O)Nc4ccc(Cl)c(Cl)c4)cc3)c2cc1OC. The van der Waals surface area contributed by atoms with Crippen molar-refractivity contribution < 1.29 is 14.3 Å². The van der Waals surface area contributed by atoms with Crippen molar-refractivity contribution in [1.82, 2.24) is 9.97 Å². The molecule has 0 unspecified atom stereocenters. The number of urea groups is 1. The zero-order chi connectivity index (χ0) is 23.4. The van der Waals surface area contributed by atoms with Crippen LogP contribution in [0.3, 0.4) is 0 Å². The Morgan fingerprint density at radius 3 is 2.12 bits per heavy atom. The van der Waals surface area contributed by atoms with Crippen LogP contribution in [0.5, 0.6) is 11.5 Å². The fraction of sp³-hybridized carbons (Fsp3) is 0.0870. The molecule has 0 bridgehead atoms. The molecule has 4 rings (SSSR count). The van der Waals surface area contributed by atoms with Gasteiger partial charge < -0.3 is 25.4 Å². The molecule has 4 aromatic rings. The Morgan fingerprint density at radius 1 is 0.788 bits per heavy atom. The largest absolute Gasteiger partial charge is 0.493 e. The highest BCUT2D eigenvalue weighted by molar-refractivity contribution is 6.42. The molecule has 10 heteroatoms. The monoisotopic (exact) mass is 483 g/mol. The number of halogens is 2. The zero-order valence-corrected chi connectivity index (χ0v) is 19.2. The van der Waals surface area contributed by atoms with E-state index in [1.54, 1.807) is 50.6 Å². The van der Waals surface area contributed by atoms with Gasteiger partial charge in [0, 0.05) is 28.5 Å². The van der Waals surface area contributed by atoms with E-state index in [1.807, 2.05) is 18.2 Å². The first-order valence-corrected chi connectivity index (χ1v) is 10.5. The molecule has 3 aromatic carbocycles. The van der Waals surface area contributed by atoms with Crippen LogP contribution in [-0.4, -0.2) is 30.2 Å². The van der Waals surface area contributed by atoms with E-state index in [0.717, 1.165) is 11.1 Å². The lowest BCUT2D eigenvalue weighted by Crippen LogP contribution is -2.19. The number of methoxy groups -OCH3 is 2. The molecule has 0 aliphatic rings. The van der Waals surface area contributed by atoms with Crippen LogP contribution in [0.4, 0.5) is 27.7 Å². The molecule has 0 saturated heterocycles. The smallest absolute Gasteiger partial charge is 0.323 e. The summed E-state index contributed by atoms with van der Waals surface area (Å²) in [5.74, 6) is 1.78. The highest BCUT2D eigenvalue weighted by atomic mass is 35.5. The second-order valence-corrected chi connectivity index (χ2v) is 7.67. The number of hydrogen-bond donors (Lipinski definition) is 3. The van der Waals surface area contributed by atoms with Gasteiger partial charge in [-0.2, -0.15) is 0 Å². The number of hydrogen-bond acceptors (Lipinski definition) is 6. The molecule has 2 amide bonds. The summed E-state index contributed by atoms with van der Waals surface area (Å²) in [5.41, 5.74) is 2.63. The van der Waals surface area contributed by atoms with Gasteiger partial charge in [-0.15, -0.1) is 0 Å². The van der Waals surface area contributed by atoms with Crippen LogP contribution in [0.15, 0.2) is 60.9 Å². The molecule has 0 spiro atoms. The summed E-state index contributed by atoms with van der Waals surface area (Å²) in [4.78, 5) is 20.9. The van der Waals surface area contributed by atoms with E-state index in [9.17, 15) is 4.79 Å². The predicted octanol–water partition coefficient (Wildman–Crippen LogP) is 6.34. The van der Waals surface area contributed by atoms with E-state index in [2.05, 4.69) is 25.9 Å². The van der Waals surface area contributed by atoms with Gasteiger partial charge in [-0.3, -0.25) is 0 Å². The minimum atomic E-state index is -0.406. The lowest BCUT2D eigenvalue weighted by molar-refractivity contribution is 0.262. The molecule has 8 nitrogen and oxygen atoms in total. The minimum absolute atomic E-state index is 0.359. The van der Waals surface area contributed by atoms with Gasteiger partial charge >= 0.3 is 6.03 Å². The number of ether oxygens (including phenoxy) is 2. The molecule has 0 fully saturated rings. The lowest BCUT2D eigenvalue weighted by Gasteiger charge is -2.13. The molecular formula is C23H19Cl2N5O3. The number of carbonyl (C=O) groups excluding carboxylic acids is 1. The number of aromatic nitrogens is 2. The first-order chi connectivity index (χ1) is 16.0. The minimum Gasteiger partial charge on any atom is -0.493 e. The number of anilines is 4. The van der Waals surface area contributed by atoms with Crippen molar-refractivity contribution in [1.29, 1.82) is 0 Å². The number of nitrogens with one attached hydrogen (secondary N) is 3. The summed E-state index contributed by atoms with van der Waals surface area (Å²) in [6.07, 6.45) is 1.47. The third-order valence-corrected chi connectivity index (χ3v) is 5.46. The molecule has 0 radical (unpaired) electrons. The van der Waals surface area contributed by atoms with Crippen molar-refractivity contribution in [2.75, 3.05) is 30.2 Å². The third kappa shape index (κ3) is 5.19. The number of carbonyl (C=O) groups is 1. The van der Waals surface area contributed by atoms with Crippen molar-refractivity contribution >= 4 is 63.0 Å². The Balaban J connectivity index is 1.47. The van der Waals surface area contributed by atoms with Gasteiger partial charge in [0.15, 0.2) is 11.5 Å². The number of nitrogens with zero attached hydrogens (tertiary/aromatic N) is 2. The zero-order valence-electron chi connectivity index (χ0n) is 17.6. The Hall–Kier alpha value is -3.75. The Labute approximate surface area is 199 Å². The fourth-order valence-corrected chi connectivity index (χ4v) is 3.42. The van der Waals surface area contributed by atoms with Crippen LogP contribution in [-0.2, 0) is 0 Å². The summed E-state index contributed by atoms with van der Waals surface area (Å²) in [7, 11) is 3.15. The average Bonchev–Trinajstić information content (AvgIpc) is 2.82. The Bertz CT molecular complexity index is 1320. The Kier molecular flexibility index (Phi) is 6.67. The van der Waals surface area contributed by atoms with E-state index in [0.29, 0.717) is 44.3 Å². The van der Waals surface area contributed by atoms with Crippen LogP contribution in [0, 0.1) is 0 Å². The van der Waals surface area contributed by atoms with Gasteiger partial charge in [0.25, 0.3) is 0 Å². The lowest BCUT2D eigenvalue weighted by atomic mass is 10.2. The quantitative estimate of drug-likeness (QED) is 0.296. The standard InChI is InChI=1S/C23H19Cl2N5O3/c1-32-20-10-16-19(11-21(20)33-2)26-12-27-22(16)28-13-3-5-14(6-4-13)29-23(31)30-15-7-8-17(24)18(25)9-15/h3-12H,1-2H3,(H,26,27,28)(H2,29,30,31). The van der Waals surface area contributed by atoms with Crippen LogP contribution in [0.25, 0.3) is 10.9 Å². The summed E-state index contributed by atoms with van der Waals surface area (Å²) in [6, 6.07) is 15.2. The molecule has 0 aliphatic heterocycles. The first-order valence-electron chi connectivity index (χ1n) is 9.73. The van der Waals surface area contributed by atoms with Crippen molar-refractivity contribution in [2.45, 2.75) is 0 Å². The van der Waals surface area contributed by atoms with Crippen LogP contribution >= 0.6 is 23.2 Å². The highest BCUT2D eigenvalue weighted by Gasteiger charge is 2.11. The highest BCUT2D eigenvalue weighted by Crippen LogP contribution is 2.34. The van der Waals surface area contributed by atoms with E-state index in [-0.39, 0.29) is 0 Å². The summed E-state index contributed by atoms with van der Waals surface area (Å²) in [6.45, 7) is 0. The topological polar surface area (TPSA) is 97.4 Å². The van der Waals surface area contributed by atoms with Gasteiger partial charge in [-0.25, -0.2) is 14.8 Å². The van der Waals surface area contributed by atoms with E-state index >= 15 is 0 Å². The second kappa shape index (κ2) is 9.81. The van der Waals surface area contributed by atoms with Gasteiger partial charge in [0.1, 0.15) is 12.1 Å². The maximum Gasteiger partial charge on any atom is 0.323 e. The maximum atomic E-state index is 12.3. The van der Waals surface area contributed by atoms with E-state index in [4.69, 9.17) is 32.7 Å². The van der Waals surface area contributed by atoms with Crippen molar-refractivity contribution in [3.8, 4) is 11.5 Å². The average molecular weight is 484 g/mol. The Morgan fingerprint density at radius 2 is 1.42 bits per heavy atom. The molecule has 0 saturated carbocycles. The molecule has 1 aromatic heterocycles. The molecule has 33 heavy (non-hydrogen) atoms. The van der Waals surface area contributed by atoms with Gasteiger partial charge in [0.2, 0.25) is 0 Å². The summed E-state index contributed by atoms with van der Waals surface area (Å²) in [5, 5.41) is 10.3. The van der Waals surface area contributed by atoms with Crippen LogP contribution in [0.2, 0.25) is 10.0 Å². The molecule has 1 heterocycles. The third-order valence-electron chi connectivity index (χ3n) is 4.72. The first kappa shape index (κ1) is 22.4. The molecule has 3 N–H and O–H groups in total. The van der Waals surface area contributed by atoms with Crippen molar-refractivity contribution in [3.05, 3.63) is 71.0 Å². The van der Waals surface area contributed by atoms with E-state index < -0.39 is 6.03 Å². The predicted molar refractivity (Wildman–Crippen MR) is 131 cm³/mol. The van der Waals surface area contributed by atoms with Crippen LogP contribution in [0.1, 0.15) is 0 Å². The van der Waals surface area contributed by atoms with E-state index in [1.165, 1.54) is 6.33 Å². The molecule has 0 aliphatic carbocycles. The van der Waals surface area contributed by atoms with Gasteiger partial charge in [-0.1, -0.05) is 23.2 Å². The number of amides is 2. The van der Waals surface area contributed by atoms with Crippen molar-refractivity contribution in [3.63, 3.8) is 0 Å². The second-order valence-electron chi connectivity index (χ2n) is 6.86. The number of rotatable bonds is 6.